The van der Waals surface area contributed by atoms with Gasteiger partial charge in [0.25, 0.3) is 0 Å². The number of unbranched alkanes of at least 4 members (excludes halogenated alkanes) is 1. The smallest absolute Gasteiger partial charge is 0.119 e. The lowest BCUT2D eigenvalue weighted by Gasteiger charge is -2.26. The first-order valence-corrected chi connectivity index (χ1v) is 12.5. The van der Waals surface area contributed by atoms with Crippen LogP contribution in [-0.4, -0.2) is 61.3 Å². The molecule has 8 heteroatoms. The fourth-order valence-corrected chi connectivity index (χ4v) is 3.56. The molecule has 2 N–H and O–H groups in total. The van der Waals surface area contributed by atoms with Crippen LogP contribution in [-0.2, 0) is 13.2 Å². The largest absolute Gasteiger partial charge is 0.491 e. The van der Waals surface area contributed by atoms with Crippen molar-refractivity contribution < 1.29 is 27.5 Å². The maximum Gasteiger partial charge on any atom is 0.119 e. The van der Waals surface area contributed by atoms with Crippen LogP contribution in [0.4, 0.5) is 0 Å². The van der Waals surface area contributed by atoms with Gasteiger partial charge in [0.2, 0.25) is 0 Å². The molecule has 2 aromatic carbocycles. The van der Waals surface area contributed by atoms with Crippen molar-refractivity contribution in [3.05, 3.63) is 59.7 Å². The van der Waals surface area contributed by atoms with Crippen LogP contribution in [0.1, 0.15) is 37.8 Å². The molecule has 0 saturated carbocycles. The third-order valence-electron chi connectivity index (χ3n) is 5.29. The molecule has 0 aliphatic rings. The predicted molar refractivity (Wildman–Crippen MR) is 139 cm³/mol. The number of rotatable bonds is 16. The van der Waals surface area contributed by atoms with Gasteiger partial charge in [-0.3, -0.25) is 0 Å². The lowest BCUT2D eigenvalue weighted by Crippen LogP contribution is -2.24. The van der Waals surface area contributed by atoms with Crippen molar-refractivity contribution in [2.45, 2.75) is 44.3 Å². The molecule has 2 atom stereocenters. The van der Waals surface area contributed by atoms with Crippen LogP contribution >= 0.6 is 34.6 Å². The predicted octanol–water partition coefficient (Wildman–Crippen LogP) is 4.89. The molecule has 0 saturated heterocycles. The summed E-state index contributed by atoms with van der Waals surface area (Å²) in [6, 6.07) is 15.8. The lowest BCUT2D eigenvalue weighted by molar-refractivity contribution is 0.0107. The lowest BCUT2D eigenvalue weighted by atomic mass is 9.78. The van der Waals surface area contributed by atoms with Crippen molar-refractivity contribution in [1.82, 2.24) is 0 Å². The van der Waals surface area contributed by atoms with Crippen molar-refractivity contribution in [2.75, 3.05) is 38.9 Å². The van der Waals surface area contributed by atoms with Crippen LogP contribution in [0.5, 0.6) is 11.5 Å². The van der Waals surface area contributed by atoms with E-state index in [1.54, 1.807) is 0 Å². The average molecular weight is 593 g/mol. The Hall–Kier alpha value is -1.10. The molecule has 2 aromatic rings. The van der Waals surface area contributed by atoms with Crippen molar-refractivity contribution in [3.8, 4) is 11.5 Å². The zero-order valence-electron chi connectivity index (χ0n) is 19.2. The standard InChI is InChI=1S/C25H34ClIO6/c1-25(2,19-5-9-23(10-6-19)31-17-21(28)15-26)20-7-11-24(12-8-20)32-18-22(29)16-30-13-3-4-14-33-27/h5-12,21-22,28-29H,3-4,13-18H2,1-2H3/t21-,22-/m1/s1. The Morgan fingerprint density at radius 1 is 0.788 bits per heavy atom. The van der Waals surface area contributed by atoms with E-state index in [2.05, 4.69) is 13.8 Å². The third-order valence-corrected chi connectivity index (χ3v) is 6.08. The van der Waals surface area contributed by atoms with E-state index in [-0.39, 0.29) is 31.1 Å². The minimum atomic E-state index is -0.678. The van der Waals surface area contributed by atoms with E-state index >= 15 is 0 Å². The number of hydrogen-bond donors (Lipinski definition) is 2. The topological polar surface area (TPSA) is 77.4 Å². The molecule has 0 unspecified atom stereocenters. The molecular weight excluding hydrogens is 559 g/mol. The number of halogens is 2. The number of ether oxygens (including phenoxy) is 3. The van der Waals surface area contributed by atoms with Gasteiger partial charge in [-0.05, 0) is 48.2 Å². The summed E-state index contributed by atoms with van der Waals surface area (Å²) in [6.45, 7) is 6.22. The van der Waals surface area contributed by atoms with E-state index in [1.165, 1.54) is 0 Å². The molecule has 0 amide bonds. The fraction of sp³-hybridized carbons (Fsp3) is 0.520. The van der Waals surface area contributed by atoms with Gasteiger partial charge < -0.3 is 27.5 Å². The molecule has 0 spiro atoms. The maximum absolute atomic E-state index is 10.0. The van der Waals surface area contributed by atoms with E-state index in [4.69, 9.17) is 28.9 Å². The monoisotopic (exact) mass is 592 g/mol. The number of aliphatic hydroxyl groups excluding tert-OH is 2. The summed E-state index contributed by atoms with van der Waals surface area (Å²) in [5.74, 6) is 1.54. The summed E-state index contributed by atoms with van der Waals surface area (Å²) in [5, 5.41) is 19.6. The van der Waals surface area contributed by atoms with E-state index in [1.807, 2.05) is 71.5 Å². The van der Waals surface area contributed by atoms with Crippen molar-refractivity contribution >= 4 is 34.6 Å². The summed E-state index contributed by atoms with van der Waals surface area (Å²) in [7, 11) is 0. The van der Waals surface area contributed by atoms with Gasteiger partial charge in [-0.1, -0.05) is 38.1 Å². The Balaban J connectivity index is 1.82. The SMILES string of the molecule is CC(C)(c1ccc(OC[C@H](O)CCl)cc1)c1ccc(OC[C@H](O)COCCCCOI)cc1. The summed E-state index contributed by atoms with van der Waals surface area (Å²) >= 11 is 7.48. The average Bonchev–Trinajstić information content (AvgIpc) is 2.83. The Kier molecular flexibility index (Phi) is 12.8. The van der Waals surface area contributed by atoms with Gasteiger partial charge >= 0.3 is 0 Å². The molecule has 0 aliphatic heterocycles. The zero-order valence-corrected chi connectivity index (χ0v) is 22.1. The highest BCUT2D eigenvalue weighted by Gasteiger charge is 2.23. The molecule has 0 heterocycles. The molecule has 33 heavy (non-hydrogen) atoms. The van der Waals surface area contributed by atoms with Gasteiger partial charge in [-0.15, -0.1) is 11.6 Å². The molecular formula is C25H34ClIO6. The summed E-state index contributed by atoms with van der Waals surface area (Å²) < 4.78 is 21.7. The normalized spacial score (nSPS) is 13.5. The number of alkyl halides is 1. The van der Waals surface area contributed by atoms with E-state index in [0.29, 0.717) is 24.7 Å². The third kappa shape index (κ3) is 9.96. The van der Waals surface area contributed by atoms with E-state index in [9.17, 15) is 10.2 Å². The summed E-state index contributed by atoms with van der Waals surface area (Å²) in [6.07, 6.45) is 0.492. The Morgan fingerprint density at radius 2 is 1.27 bits per heavy atom. The van der Waals surface area contributed by atoms with Crippen LogP contribution in [0.2, 0.25) is 0 Å². The summed E-state index contributed by atoms with van der Waals surface area (Å²) in [4.78, 5) is 0. The first-order chi connectivity index (χ1) is 15.9. The van der Waals surface area contributed by atoms with Gasteiger partial charge in [-0.2, -0.15) is 0 Å². The molecule has 0 aromatic heterocycles. The van der Waals surface area contributed by atoms with E-state index in [0.717, 1.165) is 24.0 Å². The minimum Gasteiger partial charge on any atom is -0.491 e. The van der Waals surface area contributed by atoms with Gasteiger partial charge in [-0.25, -0.2) is 0 Å². The molecule has 0 bridgehead atoms. The van der Waals surface area contributed by atoms with Crippen LogP contribution in [0, 0.1) is 0 Å². The fourth-order valence-electron chi connectivity index (χ4n) is 3.16. The Labute approximate surface area is 215 Å². The molecule has 0 radical (unpaired) electrons. The molecule has 0 aliphatic carbocycles. The van der Waals surface area contributed by atoms with Gasteiger partial charge in [0.15, 0.2) is 0 Å². The van der Waals surface area contributed by atoms with Crippen LogP contribution in [0.25, 0.3) is 0 Å². The Morgan fingerprint density at radius 3 is 1.76 bits per heavy atom. The second-order valence-electron chi connectivity index (χ2n) is 8.35. The van der Waals surface area contributed by atoms with Gasteiger partial charge in [0.1, 0.15) is 59.9 Å². The Bertz CT molecular complexity index is 784. The highest BCUT2D eigenvalue weighted by Crippen LogP contribution is 2.33. The zero-order chi connectivity index (χ0) is 24.1. The second-order valence-corrected chi connectivity index (χ2v) is 9.28. The highest BCUT2D eigenvalue weighted by molar-refractivity contribution is 14.1. The molecule has 6 nitrogen and oxygen atoms in total. The first-order valence-electron chi connectivity index (χ1n) is 11.1. The number of hydrogen-bond acceptors (Lipinski definition) is 6. The molecule has 184 valence electrons. The van der Waals surface area contributed by atoms with Crippen molar-refractivity contribution in [3.63, 3.8) is 0 Å². The van der Waals surface area contributed by atoms with E-state index < -0.39 is 12.2 Å². The van der Waals surface area contributed by atoms with Crippen LogP contribution in [0.15, 0.2) is 48.5 Å². The van der Waals surface area contributed by atoms with Gasteiger partial charge in [0.05, 0.1) is 19.1 Å². The second kappa shape index (κ2) is 15.0. The summed E-state index contributed by atoms with van der Waals surface area (Å²) in [5.41, 5.74) is 2.06. The number of aliphatic hydroxyl groups is 2. The first kappa shape index (κ1) is 28.1. The van der Waals surface area contributed by atoms with Crippen LogP contribution in [0.3, 0.4) is 0 Å². The minimum absolute atomic E-state index is 0.146. The molecule has 0 fully saturated rings. The highest BCUT2D eigenvalue weighted by atomic mass is 127. The van der Waals surface area contributed by atoms with Crippen molar-refractivity contribution in [2.24, 2.45) is 0 Å². The van der Waals surface area contributed by atoms with Gasteiger partial charge in [0, 0.05) is 12.0 Å². The van der Waals surface area contributed by atoms with Crippen LogP contribution < -0.4 is 9.47 Å². The number of benzene rings is 2. The maximum atomic E-state index is 10.0. The van der Waals surface area contributed by atoms with Crippen molar-refractivity contribution in [1.29, 1.82) is 0 Å². The molecule has 2 rings (SSSR count). The quantitative estimate of drug-likeness (QED) is 0.164.